The summed E-state index contributed by atoms with van der Waals surface area (Å²) in [5.74, 6) is 0.510. The van der Waals surface area contributed by atoms with E-state index in [1.165, 1.54) is 12.3 Å². The molecule has 0 aliphatic heterocycles. The van der Waals surface area contributed by atoms with Gasteiger partial charge >= 0.3 is 5.69 Å². The van der Waals surface area contributed by atoms with Crippen LogP contribution in [0.15, 0.2) is 70.2 Å². The smallest absolute Gasteiger partial charge is 0.301 e. The third-order valence-corrected chi connectivity index (χ3v) is 4.82. The lowest BCUT2D eigenvalue weighted by molar-refractivity contribution is -0.393. The van der Waals surface area contributed by atoms with Gasteiger partial charge in [-0.25, -0.2) is 0 Å². The zero-order valence-corrected chi connectivity index (χ0v) is 18.0. The number of hydrazone groups is 1. The van der Waals surface area contributed by atoms with Crippen LogP contribution in [0, 0.1) is 20.2 Å². The van der Waals surface area contributed by atoms with Gasteiger partial charge < -0.3 is 4.74 Å². The fourth-order valence-corrected chi connectivity index (χ4v) is 2.99. The minimum absolute atomic E-state index is 0.00575. The van der Waals surface area contributed by atoms with Crippen LogP contribution in [0.25, 0.3) is 0 Å². The molecule has 0 aliphatic rings. The molecular weight excluding hydrogens is 492 g/mol. The first-order valence-electron chi connectivity index (χ1n) is 8.72. The van der Waals surface area contributed by atoms with Crippen LogP contribution in [0.5, 0.6) is 5.75 Å². The largest absolute Gasteiger partial charge is 0.488 e. The minimum atomic E-state index is -0.725. The average molecular weight is 506 g/mol. The molecule has 11 heteroatoms. The maximum Gasteiger partial charge on any atom is 0.301 e. The van der Waals surface area contributed by atoms with Gasteiger partial charge in [-0.1, -0.05) is 39.7 Å². The lowest BCUT2D eigenvalue weighted by Gasteiger charge is -2.10. The van der Waals surface area contributed by atoms with Gasteiger partial charge in [0.05, 0.1) is 22.1 Å². The first kappa shape index (κ1) is 22.2. The first-order valence-corrected chi connectivity index (χ1v) is 9.89. The Morgan fingerprint density at radius 2 is 1.77 bits per heavy atom. The number of benzene rings is 3. The van der Waals surface area contributed by atoms with E-state index in [1.807, 2.05) is 24.3 Å². The molecule has 0 radical (unpaired) electrons. The first-order chi connectivity index (χ1) is 14.8. The molecule has 0 aliphatic carbocycles. The van der Waals surface area contributed by atoms with E-state index in [4.69, 9.17) is 16.3 Å². The fraction of sp³-hybridized carbons (Fsp3) is 0.0500. The third-order valence-electron chi connectivity index (χ3n) is 4.06. The monoisotopic (exact) mass is 504 g/mol. The van der Waals surface area contributed by atoms with Crippen molar-refractivity contribution in [1.82, 2.24) is 0 Å². The normalized spacial score (nSPS) is 10.8. The van der Waals surface area contributed by atoms with Crippen molar-refractivity contribution in [2.75, 3.05) is 5.43 Å². The molecule has 3 aromatic carbocycles. The Kier molecular flexibility index (Phi) is 7.16. The van der Waals surface area contributed by atoms with E-state index < -0.39 is 15.5 Å². The molecule has 3 rings (SSSR count). The predicted molar refractivity (Wildman–Crippen MR) is 121 cm³/mol. The van der Waals surface area contributed by atoms with Crippen LogP contribution in [-0.4, -0.2) is 16.1 Å². The number of hydrogen-bond donors (Lipinski definition) is 1. The second kappa shape index (κ2) is 10.0. The van der Waals surface area contributed by atoms with Gasteiger partial charge in [-0.2, -0.15) is 5.10 Å². The summed E-state index contributed by atoms with van der Waals surface area (Å²) in [4.78, 5) is 20.6. The summed E-state index contributed by atoms with van der Waals surface area (Å²) < 4.78 is 6.81. The number of hydrogen-bond acceptors (Lipinski definition) is 7. The van der Waals surface area contributed by atoms with Crippen molar-refractivity contribution < 1.29 is 14.6 Å². The zero-order valence-electron chi connectivity index (χ0n) is 15.7. The molecule has 9 nitrogen and oxygen atoms in total. The molecule has 0 atom stereocenters. The number of halogens is 2. The summed E-state index contributed by atoms with van der Waals surface area (Å²) >= 11 is 9.44. The molecule has 0 heterocycles. The van der Waals surface area contributed by atoms with Crippen molar-refractivity contribution in [2.45, 2.75) is 6.61 Å². The van der Waals surface area contributed by atoms with E-state index in [1.54, 1.807) is 18.2 Å². The van der Waals surface area contributed by atoms with Crippen molar-refractivity contribution in [1.29, 1.82) is 0 Å². The van der Waals surface area contributed by atoms with Gasteiger partial charge in [0.25, 0.3) is 5.69 Å². The summed E-state index contributed by atoms with van der Waals surface area (Å²) in [5.41, 5.74) is 3.19. The molecule has 0 fully saturated rings. The molecule has 0 bridgehead atoms. The highest BCUT2D eigenvalue weighted by atomic mass is 79.9. The molecule has 0 spiro atoms. The van der Waals surface area contributed by atoms with E-state index in [0.717, 1.165) is 22.2 Å². The van der Waals surface area contributed by atoms with E-state index in [9.17, 15) is 20.2 Å². The molecule has 0 saturated carbocycles. The standard InChI is InChI=1S/C20H14BrClN4O5/c21-15-3-1-13(2-4-15)12-31-20-8-5-16(22)9-14(20)11-23-24-18-7-6-17(25(27)28)10-19(18)26(29)30/h1-11,24H,12H2/b23-11+. The topological polar surface area (TPSA) is 120 Å². The number of ether oxygens (including phenoxy) is 1. The SMILES string of the molecule is O=[N+]([O-])c1ccc(N/N=C/c2cc(Cl)ccc2OCc2ccc(Br)cc2)c([N+](=O)[O-])c1. The van der Waals surface area contributed by atoms with Gasteiger partial charge in [0.15, 0.2) is 0 Å². The summed E-state index contributed by atoms with van der Waals surface area (Å²) in [6.45, 7) is 0.316. The van der Waals surface area contributed by atoms with Crippen LogP contribution in [0.4, 0.5) is 17.1 Å². The van der Waals surface area contributed by atoms with Gasteiger partial charge in [0.1, 0.15) is 18.0 Å². The average Bonchev–Trinajstić information content (AvgIpc) is 2.74. The van der Waals surface area contributed by atoms with Gasteiger partial charge in [0.2, 0.25) is 0 Å². The highest BCUT2D eigenvalue weighted by Crippen LogP contribution is 2.29. The molecule has 0 aromatic heterocycles. The molecule has 0 amide bonds. The van der Waals surface area contributed by atoms with Crippen molar-refractivity contribution in [2.24, 2.45) is 5.10 Å². The Morgan fingerprint density at radius 3 is 2.45 bits per heavy atom. The van der Waals surface area contributed by atoms with Crippen molar-refractivity contribution >= 4 is 50.8 Å². The lowest BCUT2D eigenvalue weighted by Crippen LogP contribution is -2.00. The summed E-state index contributed by atoms with van der Waals surface area (Å²) in [6.07, 6.45) is 1.40. The maximum absolute atomic E-state index is 11.2. The number of rotatable bonds is 8. The number of nitro groups is 2. The van der Waals surface area contributed by atoms with Crippen molar-refractivity contribution in [3.8, 4) is 5.75 Å². The summed E-state index contributed by atoms with van der Waals surface area (Å²) in [5, 5.41) is 26.5. The molecule has 0 saturated heterocycles. The number of nitrogens with one attached hydrogen (secondary N) is 1. The van der Waals surface area contributed by atoms with Gasteiger partial charge in [-0.3, -0.25) is 25.7 Å². The van der Waals surface area contributed by atoms with Crippen LogP contribution in [0.3, 0.4) is 0 Å². The van der Waals surface area contributed by atoms with E-state index in [-0.39, 0.29) is 11.4 Å². The molecule has 158 valence electrons. The summed E-state index contributed by atoms with van der Waals surface area (Å²) in [7, 11) is 0. The van der Waals surface area contributed by atoms with Crippen LogP contribution in [0.2, 0.25) is 5.02 Å². The Balaban J connectivity index is 1.77. The van der Waals surface area contributed by atoms with Crippen LogP contribution in [0.1, 0.15) is 11.1 Å². The Morgan fingerprint density at radius 1 is 1.03 bits per heavy atom. The fourth-order valence-electron chi connectivity index (χ4n) is 2.54. The molecule has 1 N–H and O–H groups in total. The molecule has 3 aromatic rings. The van der Waals surface area contributed by atoms with E-state index >= 15 is 0 Å². The highest BCUT2D eigenvalue weighted by molar-refractivity contribution is 9.10. The van der Waals surface area contributed by atoms with Gasteiger partial charge in [-0.05, 0) is 42.0 Å². The number of nitrogens with zero attached hydrogens (tertiary/aromatic N) is 3. The zero-order chi connectivity index (χ0) is 22.4. The Labute approximate surface area is 189 Å². The van der Waals surface area contributed by atoms with Gasteiger partial charge in [-0.15, -0.1) is 0 Å². The second-order valence-corrected chi connectivity index (χ2v) is 7.54. The molecule has 31 heavy (non-hydrogen) atoms. The highest BCUT2D eigenvalue weighted by Gasteiger charge is 2.19. The lowest BCUT2D eigenvalue weighted by atomic mass is 10.2. The second-order valence-electron chi connectivity index (χ2n) is 6.18. The van der Waals surface area contributed by atoms with Gasteiger partial charge in [0, 0.05) is 21.1 Å². The van der Waals surface area contributed by atoms with Crippen LogP contribution in [-0.2, 0) is 6.61 Å². The van der Waals surface area contributed by atoms with Crippen molar-refractivity contribution in [3.05, 3.63) is 102 Å². The van der Waals surface area contributed by atoms with Crippen LogP contribution < -0.4 is 10.2 Å². The third kappa shape index (κ3) is 6.00. The number of anilines is 1. The number of non-ortho nitro benzene ring substituents is 1. The minimum Gasteiger partial charge on any atom is -0.488 e. The molecule has 0 unspecified atom stereocenters. The number of nitro benzene ring substituents is 2. The van der Waals surface area contributed by atoms with E-state index in [0.29, 0.717) is 22.9 Å². The quantitative estimate of drug-likeness (QED) is 0.230. The summed E-state index contributed by atoms with van der Waals surface area (Å²) in [6, 6.07) is 15.9. The Bertz CT molecular complexity index is 1150. The predicted octanol–water partition coefficient (Wildman–Crippen LogP) is 5.94. The maximum atomic E-state index is 11.2. The Hall–Kier alpha value is -3.50. The van der Waals surface area contributed by atoms with E-state index in [2.05, 4.69) is 26.5 Å². The van der Waals surface area contributed by atoms with Crippen molar-refractivity contribution in [3.63, 3.8) is 0 Å². The molecular formula is C20H14BrClN4O5. The van der Waals surface area contributed by atoms with Crippen LogP contribution >= 0.6 is 27.5 Å².